The topological polar surface area (TPSA) is 25.4 Å². The van der Waals surface area contributed by atoms with Crippen LogP contribution in [-0.2, 0) is 4.74 Å². The summed E-state index contributed by atoms with van der Waals surface area (Å²) in [5.74, 6) is 0.655. The summed E-state index contributed by atoms with van der Waals surface area (Å²) in [4.78, 5) is 6.63. The molecule has 0 amide bonds. The molecule has 0 bridgehead atoms. The number of hydrogen-bond acceptors (Lipinski definition) is 3. The zero-order valence-corrected chi connectivity index (χ0v) is 11.8. The van der Waals surface area contributed by atoms with E-state index in [9.17, 15) is 0 Å². The molecule has 1 aliphatic rings. The predicted molar refractivity (Wildman–Crippen MR) is 73.4 cm³/mol. The maximum absolute atomic E-state index is 5.53. The lowest BCUT2D eigenvalue weighted by atomic mass is 9.98. The van der Waals surface area contributed by atoms with Crippen LogP contribution in [0.1, 0.15) is 19.8 Å². The van der Waals surface area contributed by atoms with Crippen molar-refractivity contribution in [3.05, 3.63) is 22.9 Å². The molecule has 3 nitrogen and oxygen atoms in total. The van der Waals surface area contributed by atoms with Crippen LogP contribution in [-0.4, -0.2) is 31.3 Å². The Balaban J connectivity index is 1.97. The summed E-state index contributed by atoms with van der Waals surface area (Å²) in [7, 11) is 0. The van der Waals surface area contributed by atoms with E-state index >= 15 is 0 Å². The molecule has 17 heavy (non-hydrogen) atoms. The standard InChI is InChI=1S/C13H19BrN2O/c1-2-17-10-11-4-3-5-16(9-11)13-6-12(14)7-15-8-13/h6-8,11H,2-5,9-10H2,1H3/t11-/m1/s1. The minimum Gasteiger partial charge on any atom is -0.381 e. The molecular weight excluding hydrogens is 280 g/mol. The summed E-state index contributed by atoms with van der Waals surface area (Å²) in [6.07, 6.45) is 6.28. The fourth-order valence-corrected chi connectivity index (χ4v) is 2.65. The van der Waals surface area contributed by atoms with Gasteiger partial charge < -0.3 is 9.64 Å². The molecule has 0 spiro atoms. The average molecular weight is 299 g/mol. The summed E-state index contributed by atoms with van der Waals surface area (Å²) in [6, 6.07) is 2.13. The van der Waals surface area contributed by atoms with E-state index in [2.05, 4.69) is 38.8 Å². The van der Waals surface area contributed by atoms with Crippen LogP contribution in [0.4, 0.5) is 5.69 Å². The maximum Gasteiger partial charge on any atom is 0.0564 e. The van der Waals surface area contributed by atoms with Gasteiger partial charge in [0.2, 0.25) is 0 Å². The van der Waals surface area contributed by atoms with Crippen molar-refractivity contribution in [1.29, 1.82) is 0 Å². The highest BCUT2D eigenvalue weighted by Crippen LogP contribution is 2.24. The lowest BCUT2D eigenvalue weighted by Crippen LogP contribution is -2.37. The lowest BCUT2D eigenvalue weighted by molar-refractivity contribution is 0.104. The number of hydrogen-bond donors (Lipinski definition) is 0. The molecule has 4 heteroatoms. The summed E-state index contributed by atoms with van der Waals surface area (Å²) < 4.78 is 6.57. The fourth-order valence-electron chi connectivity index (χ4n) is 2.29. The van der Waals surface area contributed by atoms with Crippen molar-refractivity contribution in [2.24, 2.45) is 5.92 Å². The van der Waals surface area contributed by atoms with E-state index < -0.39 is 0 Å². The number of pyridine rings is 1. The third kappa shape index (κ3) is 3.68. The predicted octanol–water partition coefficient (Wildman–Crippen LogP) is 3.10. The molecule has 0 aromatic carbocycles. The molecule has 1 aromatic heterocycles. The second-order valence-electron chi connectivity index (χ2n) is 4.48. The van der Waals surface area contributed by atoms with Crippen LogP contribution in [0.3, 0.4) is 0 Å². The van der Waals surface area contributed by atoms with E-state index in [4.69, 9.17) is 4.74 Å². The Labute approximate surface area is 111 Å². The largest absolute Gasteiger partial charge is 0.381 e. The van der Waals surface area contributed by atoms with Gasteiger partial charge in [-0.2, -0.15) is 0 Å². The summed E-state index contributed by atoms with van der Waals surface area (Å²) >= 11 is 3.47. The van der Waals surface area contributed by atoms with Gasteiger partial charge in [0, 0.05) is 30.4 Å². The fraction of sp³-hybridized carbons (Fsp3) is 0.615. The highest BCUT2D eigenvalue weighted by atomic mass is 79.9. The van der Waals surface area contributed by atoms with Crippen LogP contribution in [0.25, 0.3) is 0 Å². The van der Waals surface area contributed by atoms with Gasteiger partial charge in [-0.25, -0.2) is 0 Å². The smallest absolute Gasteiger partial charge is 0.0564 e. The molecule has 1 atom stereocenters. The van der Waals surface area contributed by atoms with Crippen LogP contribution in [0.15, 0.2) is 22.9 Å². The van der Waals surface area contributed by atoms with Crippen LogP contribution in [0.5, 0.6) is 0 Å². The van der Waals surface area contributed by atoms with E-state index in [-0.39, 0.29) is 0 Å². The van der Waals surface area contributed by atoms with Crippen molar-refractivity contribution in [1.82, 2.24) is 4.98 Å². The van der Waals surface area contributed by atoms with Gasteiger partial charge in [0.1, 0.15) is 0 Å². The second-order valence-corrected chi connectivity index (χ2v) is 5.39. The Morgan fingerprint density at radius 3 is 3.18 bits per heavy atom. The Morgan fingerprint density at radius 1 is 1.53 bits per heavy atom. The van der Waals surface area contributed by atoms with Crippen LogP contribution in [0, 0.1) is 5.92 Å². The van der Waals surface area contributed by atoms with Crippen LogP contribution < -0.4 is 4.90 Å². The van der Waals surface area contributed by atoms with E-state index in [1.54, 1.807) is 0 Å². The number of halogens is 1. The molecule has 0 unspecified atom stereocenters. The SMILES string of the molecule is CCOC[C@@H]1CCCN(c2cncc(Br)c2)C1. The van der Waals surface area contributed by atoms with E-state index in [0.717, 1.165) is 30.8 Å². The molecule has 0 aliphatic carbocycles. The van der Waals surface area contributed by atoms with Gasteiger partial charge in [-0.05, 0) is 47.7 Å². The van der Waals surface area contributed by atoms with Crippen molar-refractivity contribution in [3.63, 3.8) is 0 Å². The van der Waals surface area contributed by atoms with Gasteiger partial charge in [-0.1, -0.05) is 0 Å². The lowest BCUT2D eigenvalue weighted by Gasteiger charge is -2.34. The van der Waals surface area contributed by atoms with Crippen molar-refractivity contribution in [2.75, 3.05) is 31.2 Å². The van der Waals surface area contributed by atoms with Gasteiger partial charge in [-0.3, -0.25) is 4.98 Å². The van der Waals surface area contributed by atoms with Crippen LogP contribution in [0.2, 0.25) is 0 Å². The maximum atomic E-state index is 5.53. The molecule has 1 aliphatic heterocycles. The van der Waals surface area contributed by atoms with Crippen molar-refractivity contribution >= 4 is 21.6 Å². The molecule has 0 saturated carbocycles. The van der Waals surface area contributed by atoms with E-state index in [0.29, 0.717) is 5.92 Å². The van der Waals surface area contributed by atoms with Gasteiger partial charge in [0.25, 0.3) is 0 Å². The number of piperidine rings is 1. The first-order valence-electron chi connectivity index (χ1n) is 6.23. The Hall–Kier alpha value is -0.610. The minimum atomic E-state index is 0.655. The van der Waals surface area contributed by atoms with Gasteiger partial charge in [0.15, 0.2) is 0 Å². The average Bonchev–Trinajstić information content (AvgIpc) is 2.37. The number of rotatable bonds is 4. The highest BCUT2D eigenvalue weighted by Gasteiger charge is 2.20. The second kappa shape index (κ2) is 6.36. The van der Waals surface area contributed by atoms with Crippen molar-refractivity contribution < 1.29 is 4.74 Å². The zero-order chi connectivity index (χ0) is 12.1. The molecule has 1 saturated heterocycles. The summed E-state index contributed by atoms with van der Waals surface area (Å²) in [5, 5.41) is 0. The molecule has 0 radical (unpaired) electrons. The first-order valence-corrected chi connectivity index (χ1v) is 7.02. The van der Waals surface area contributed by atoms with E-state index in [1.807, 2.05) is 12.4 Å². The minimum absolute atomic E-state index is 0.655. The molecule has 1 aromatic rings. The molecule has 94 valence electrons. The molecular formula is C13H19BrN2O. The van der Waals surface area contributed by atoms with Crippen LogP contribution >= 0.6 is 15.9 Å². The Bertz CT molecular complexity index is 359. The number of anilines is 1. The number of ether oxygens (including phenoxy) is 1. The van der Waals surface area contributed by atoms with Gasteiger partial charge in [0.05, 0.1) is 18.5 Å². The third-order valence-electron chi connectivity index (χ3n) is 3.13. The Kier molecular flexibility index (Phi) is 4.80. The van der Waals surface area contributed by atoms with E-state index in [1.165, 1.54) is 18.5 Å². The molecule has 2 heterocycles. The highest BCUT2D eigenvalue weighted by molar-refractivity contribution is 9.10. The zero-order valence-electron chi connectivity index (χ0n) is 10.2. The molecule has 2 rings (SSSR count). The summed E-state index contributed by atoms with van der Waals surface area (Å²) in [5.41, 5.74) is 1.21. The first kappa shape index (κ1) is 12.8. The molecule has 1 fully saturated rings. The van der Waals surface area contributed by atoms with Crippen molar-refractivity contribution in [3.8, 4) is 0 Å². The third-order valence-corrected chi connectivity index (χ3v) is 3.57. The van der Waals surface area contributed by atoms with Gasteiger partial charge in [-0.15, -0.1) is 0 Å². The summed E-state index contributed by atoms with van der Waals surface area (Å²) in [6.45, 7) is 5.96. The Morgan fingerprint density at radius 2 is 2.41 bits per heavy atom. The first-order chi connectivity index (χ1) is 8.29. The molecule has 0 N–H and O–H groups in total. The number of aromatic nitrogens is 1. The normalized spacial score (nSPS) is 20.6. The van der Waals surface area contributed by atoms with Gasteiger partial charge >= 0.3 is 0 Å². The quantitative estimate of drug-likeness (QED) is 0.854. The monoisotopic (exact) mass is 298 g/mol. The van der Waals surface area contributed by atoms with Crippen molar-refractivity contribution in [2.45, 2.75) is 19.8 Å². The number of nitrogens with zero attached hydrogens (tertiary/aromatic N) is 2.